The van der Waals surface area contributed by atoms with Crippen LogP contribution in [0.15, 0.2) is 22.5 Å². The minimum absolute atomic E-state index is 0.160. The van der Waals surface area contributed by atoms with Crippen LogP contribution in [0.1, 0.15) is 6.92 Å². The van der Waals surface area contributed by atoms with Crippen molar-refractivity contribution in [2.24, 2.45) is 0 Å². The summed E-state index contributed by atoms with van der Waals surface area (Å²) in [7, 11) is 3.31. The number of hydrogen-bond acceptors (Lipinski definition) is 7. The average Bonchev–Trinajstić information content (AvgIpc) is 2.95. The Morgan fingerprint density at radius 2 is 2.23 bits per heavy atom. The van der Waals surface area contributed by atoms with Gasteiger partial charge < -0.3 is 15.4 Å². The molecule has 1 atom stereocenters. The fourth-order valence-electron chi connectivity index (χ4n) is 1.58. The number of halogens is 1. The molecular weight excluding hydrogens is 344 g/mol. The first-order chi connectivity index (χ1) is 10.5. The summed E-state index contributed by atoms with van der Waals surface area (Å²) in [6.07, 6.45) is 0. The van der Waals surface area contributed by atoms with Gasteiger partial charge in [0.2, 0.25) is 11.0 Å². The minimum atomic E-state index is -0.332. The van der Waals surface area contributed by atoms with Crippen molar-refractivity contribution in [3.63, 3.8) is 0 Å². The van der Waals surface area contributed by atoms with E-state index in [-0.39, 0.29) is 11.2 Å². The SMILES string of the molecule is CNc1nnc(S[C@H](C)C(=O)Nc2cc(Cl)ccc2OC)s1. The molecular formula is C13H15ClN4O2S2. The number of thioether (sulfide) groups is 1. The zero-order valence-corrected chi connectivity index (χ0v) is 14.6. The highest BCUT2D eigenvalue weighted by molar-refractivity contribution is 8.02. The first-order valence-corrected chi connectivity index (χ1v) is 8.43. The first kappa shape index (κ1) is 16.9. The van der Waals surface area contributed by atoms with Crippen LogP contribution in [0.4, 0.5) is 10.8 Å². The number of hydrogen-bond donors (Lipinski definition) is 2. The van der Waals surface area contributed by atoms with Gasteiger partial charge in [-0.15, -0.1) is 10.2 Å². The summed E-state index contributed by atoms with van der Waals surface area (Å²) in [5.74, 6) is 0.398. The van der Waals surface area contributed by atoms with E-state index < -0.39 is 0 Å². The summed E-state index contributed by atoms with van der Waals surface area (Å²) in [6, 6.07) is 5.06. The molecule has 2 N–H and O–H groups in total. The molecule has 0 saturated carbocycles. The van der Waals surface area contributed by atoms with Crippen LogP contribution in [-0.2, 0) is 4.79 Å². The Bertz CT molecular complexity index is 665. The van der Waals surface area contributed by atoms with Gasteiger partial charge in [0, 0.05) is 12.1 Å². The van der Waals surface area contributed by atoms with E-state index in [4.69, 9.17) is 16.3 Å². The molecule has 1 amide bonds. The lowest BCUT2D eigenvalue weighted by atomic mass is 10.3. The zero-order chi connectivity index (χ0) is 16.1. The molecule has 2 rings (SSSR count). The van der Waals surface area contributed by atoms with E-state index in [9.17, 15) is 4.79 Å². The third-order valence-corrected chi connectivity index (χ3v) is 5.05. The summed E-state index contributed by atoms with van der Waals surface area (Å²) in [5.41, 5.74) is 0.542. The number of aromatic nitrogens is 2. The summed E-state index contributed by atoms with van der Waals surface area (Å²) in [5, 5.41) is 14.6. The zero-order valence-electron chi connectivity index (χ0n) is 12.2. The lowest BCUT2D eigenvalue weighted by molar-refractivity contribution is -0.115. The molecule has 0 radical (unpaired) electrons. The lowest BCUT2D eigenvalue weighted by Gasteiger charge is -2.13. The van der Waals surface area contributed by atoms with E-state index in [1.807, 2.05) is 0 Å². The molecule has 118 valence electrons. The molecule has 0 aliphatic rings. The highest BCUT2D eigenvalue weighted by Gasteiger charge is 2.18. The molecule has 0 saturated heterocycles. The van der Waals surface area contributed by atoms with E-state index in [2.05, 4.69) is 20.8 Å². The van der Waals surface area contributed by atoms with Crippen molar-refractivity contribution in [1.82, 2.24) is 10.2 Å². The van der Waals surface area contributed by atoms with E-state index in [0.29, 0.717) is 21.6 Å². The Balaban J connectivity index is 2.03. The Kier molecular flexibility index (Phi) is 5.87. The topological polar surface area (TPSA) is 76.1 Å². The van der Waals surface area contributed by atoms with Gasteiger partial charge in [0.15, 0.2) is 4.34 Å². The van der Waals surface area contributed by atoms with Gasteiger partial charge in [-0.3, -0.25) is 4.79 Å². The van der Waals surface area contributed by atoms with Crippen LogP contribution in [0, 0.1) is 0 Å². The van der Waals surface area contributed by atoms with Crippen LogP contribution in [0.2, 0.25) is 5.02 Å². The van der Waals surface area contributed by atoms with Crippen molar-refractivity contribution in [2.45, 2.75) is 16.5 Å². The van der Waals surface area contributed by atoms with Crippen LogP contribution < -0.4 is 15.4 Å². The molecule has 0 bridgehead atoms. The quantitative estimate of drug-likeness (QED) is 0.771. The maximum absolute atomic E-state index is 12.3. The molecule has 1 heterocycles. The maximum atomic E-state index is 12.3. The van der Waals surface area contributed by atoms with Gasteiger partial charge in [0.1, 0.15) is 5.75 Å². The molecule has 2 aromatic rings. The number of benzene rings is 1. The van der Waals surface area contributed by atoms with Crippen molar-refractivity contribution in [1.29, 1.82) is 0 Å². The van der Waals surface area contributed by atoms with Gasteiger partial charge >= 0.3 is 0 Å². The largest absolute Gasteiger partial charge is 0.495 e. The Morgan fingerprint density at radius 1 is 1.45 bits per heavy atom. The number of rotatable bonds is 6. The highest BCUT2D eigenvalue weighted by atomic mass is 35.5. The third-order valence-electron chi connectivity index (χ3n) is 2.69. The Morgan fingerprint density at radius 3 is 2.86 bits per heavy atom. The fraction of sp³-hybridized carbons (Fsp3) is 0.308. The molecule has 0 aliphatic heterocycles. The van der Waals surface area contributed by atoms with E-state index in [0.717, 1.165) is 4.34 Å². The minimum Gasteiger partial charge on any atom is -0.495 e. The van der Waals surface area contributed by atoms with Gasteiger partial charge in [-0.2, -0.15) is 0 Å². The van der Waals surface area contributed by atoms with E-state index >= 15 is 0 Å². The number of amides is 1. The molecule has 22 heavy (non-hydrogen) atoms. The molecule has 1 aromatic heterocycles. The molecule has 0 spiro atoms. The van der Waals surface area contributed by atoms with E-state index in [1.54, 1.807) is 32.2 Å². The average molecular weight is 359 g/mol. The molecule has 6 nitrogen and oxygen atoms in total. The van der Waals surface area contributed by atoms with Crippen molar-refractivity contribution < 1.29 is 9.53 Å². The van der Waals surface area contributed by atoms with Crippen LogP contribution in [0.5, 0.6) is 5.75 Å². The molecule has 0 unspecified atom stereocenters. The monoisotopic (exact) mass is 358 g/mol. The summed E-state index contributed by atoms with van der Waals surface area (Å²) in [6.45, 7) is 1.80. The number of ether oxygens (including phenoxy) is 1. The van der Waals surface area contributed by atoms with Gasteiger partial charge in [0.25, 0.3) is 0 Å². The molecule has 9 heteroatoms. The van der Waals surface area contributed by atoms with Gasteiger partial charge in [0.05, 0.1) is 18.0 Å². The number of carbonyl (C=O) groups excluding carboxylic acids is 1. The summed E-state index contributed by atoms with van der Waals surface area (Å²) < 4.78 is 5.94. The number of anilines is 2. The fourth-order valence-corrected chi connectivity index (χ4v) is 3.60. The smallest absolute Gasteiger partial charge is 0.237 e. The Labute approximate surface area is 141 Å². The number of methoxy groups -OCH3 is 1. The maximum Gasteiger partial charge on any atom is 0.237 e. The van der Waals surface area contributed by atoms with Gasteiger partial charge in [-0.1, -0.05) is 34.7 Å². The van der Waals surface area contributed by atoms with Gasteiger partial charge in [-0.25, -0.2) is 0 Å². The Hall–Kier alpha value is -1.51. The first-order valence-electron chi connectivity index (χ1n) is 6.35. The van der Waals surface area contributed by atoms with Gasteiger partial charge in [-0.05, 0) is 25.1 Å². The van der Waals surface area contributed by atoms with Crippen LogP contribution in [0.3, 0.4) is 0 Å². The summed E-state index contributed by atoms with van der Waals surface area (Å²) in [4.78, 5) is 12.3. The number of carbonyl (C=O) groups is 1. The van der Waals surface area contributed by atoms with E-state index in [1.165, 1.54) is 30.2 Å². The third kappa shape index (κ3) is 4.25. The summed E-state index contributed by atoms with van der Waals surface area (Å²) >= 11 is 8.69. The van der Waals surface area contributed by atoms with Crippen molar-refractivity contribution >= 4 is 51.4 Å². The normalized spacial score (nSPS) is 11.8. The molecule has 0 aliphatic carbocycles. The van der Waals surface area contributed by atoms with Crippen molar-refractivity contribution in [3.8, 4) is 5.75 Å². The lowest BCUT2D eigenvalue weighted by Crippen LogP contribution is -2.22. The molecule has 0 fully saturated rings. The predicted molar refractivity (Wildman–Crippen MR) is 91.4 cm³/mol. The molecule has 1 aromatic carbocycles. The highest BCUT2D eigenvalue weighted by Crippen LogP contribution is 2.31. The van der Waals surface area contributed by atoms with Crippen LogP contribution >= 0.6 is 34.7 Å². The van der Waals surface area contributed by atoms with Crippen molar-refractivity contribution in [3.05, 3.63) is 23.2 Å². The standard InChI is InChI=1S/C13H15ClN4O2S2/c1-7(21-13-18-17-12(15-2)22-13)11(19)16-9-6-8(14)4-5-10(9)20-3/h4-7H,1-3H3,(H,15,17)(H,16,19)/t7-/m1/s1. The predicted octanol–water partition coefficient (Wildman–Crippen LogP) is 3.36. The number of nitrogens with one attached hydrogen (secondary N) is 2. The second-order valence-corrected chi connectivity index (χ2v) is 7.22. The second-order valence-electron chi connectivity index (χ2n) is 4.22. The second kappa shape index (κ2) is 7.66. The van der Waals surface area contributed by atoms with Crippen LogP contribution in [0.25, 0.3) is 0 Å². The number of nitrogens with zero attached hydrogens (tertiary/aromatic N) is 2. The van der Waals surface area contributed by atoms with Crippen molar-refractivity contribution in [2.75, 3.05) is 24.8 Å². The van der Waals surface area contributed by atoms with Crippen LogP contribution in [-0.4, -0.2) is 35.5 Å².